The summed E-state index contributed by atoms with van der Waals surface area (Å²) in [6.45, 7) is 3.86. The van der Waals surface area contributed by atoms with Crippen molar-refractivity contribution in [3.05, 3.63) is 17.5 Å². The van der Waals surface area contributed by atoms with Crippen LogP contribution < -0.4 is 4.72 Å². The molecule has 1 aromatic heterocycles. The van der Waals surface area contributed by atoms with E-state index in [-0.39, 0.29) is 19.0 Å². The molecule has 2 rings (SSSR count). The molecule has 0 spiro atoms. The molecule has 9 heteroatoms. The smallest absolute Gasteiger partial charge is 0.306 e. The zero-order chi connectivity index (χ0) is 15.6. The molecule has 2 heterocycles. The average molecular weight is 314 g/mol. The Labute approximate surface area is 123 Å². The van der Waals surface area contributed by atoms with Gasteiger partial charge in [-0.2, -0.15) is 12.7 Å². The lowest BCUT2D eigenvalue weighted by molar-refractivity contribution is -0.142. The Morgan fingerprint density at radius 2 is 1.81 bits per heavy atom. The normalized spacial score (nSPS) is 17.6. The van der Waals surface area contributed by atoms with Gasteiger partial charge < -0.3 is 5.11 Å². The van der Waals surface area contributed by atoms with Crippen molar-refractivity contribution in [1.29, 1.82) is 0 Å². The van der Waals surface area contributed by atoms with Gasteiger partial charge in [-0.3, -0.25) is 4.79 Å². The first-order chi connectivity index (χ1) is 9.78. The summed E-state index contributed by atoms with van der Waals surface area (Å²) in [5, 5.41) is 8.92. The van der Waals surface area contributed by atoms with Crippen LogP contribution >= 0.6 is 0 Å². The van der Waals surface area contributed by atoms with E-state index in [0.29, 0.717) is 24.2 Å². The number of aliphatic carboxylic acids is 1. The summed E-state index contributed by atoms with van der Waals surface area (Å²) in [5.41, 5.74) is 1.34. The molecule has 0 atom stereocenters. The third-order valence-electron chi connectivity index (χ3n) is 3.35. The SMILES string of the molecule is Cc1cc(C)nc(NS(=O)(=O)N2CCC(C(=O)O)CC2)n1. The molecule has 116 valence electrons. The van der Waals surface area contributed by atoms with Gasteiger partial charge in [0.25, 0.3) is 0 Å². The van der Waals surface area contributed by atoms with Crippen LogP contribution in [0.4, 0.5) is 5.95 Å². The number of rotatable bonds is 4. The van der Waals surface area contributed by atoms with Crippen LogP contribution in [0.1, 0.15) is 24.2 Å². The number of nitrogens with zero attached hydrogens (tertiary/aromatic N) is 3. The molecular weight excluding hydrogens is 296 g/mol. The molecule has 0 aromatic carbocycles. The molecule has 0 bridgehead atoms. The molecule has 2 N–H and O–H groups in total. The standard InChI is InChI=1S/C12H18N4O4S/c1-8-7-9(2)14-12(13-8)15-21(19,20)16-5-3-10(4-6-16)11(17)18/h7,10H,3-6H2,1-2H3,(H,17,18)(H,13,14,15). The number of hydrogen-bond donors (Lipinski definition) is 2. The first-order valence-electron chi connectivity index (χ1n) is 6.61. The second-order valence-electron chi connectivity index (χ2n) is 5.09. The fourth-order valence-corrected chi connectivity index (χ4v) is 3.44. The fourth-order valence-electron chi connectivity index (χ4n) is 2.29. The highest BCUT2D eigenvalue weighted by molar-refractivity contribution is 7.90. The molecule has 1 aliphatic rings. The summed E-state index contributed by atoms with van der Waals surface area (Å²) in [7, 11) is -3.75. The van der Waals surface area contributed by atoms with Crippen molar-refractivity contribution < 1.29 is 18.3 Å². The van der Waals surface area contributed by atoms with Gasteiger partial charge in [0.05, 0.1) is 5.92 Å². The molecule has 0 radical (unpaired) electrons. The molecule has 0 aliphatic carbocycles. The molecule has 0 amide bonds. The summed E-state index contributed by atoms with van der Waals surface area (Å²) in [6.07, 6.45) is 0.619. The summed E-state index contributed by atoms with van der Waals surface area (Å²) in [6, 6.07) is 1.75. The van der Waals surface area contributed by atoms with E-state index in [4.69, 9.17) is 5.11 Å². The Morgan fingerprint density at radius 1 is 1.29 bits per heavy atom. The first kappa shape index (κ1) is 15.6. The number of carboxylic acid groups (broad SMARTS) is 1. The van der Waals surface area contributed by atoms with Crippen molar-refractivity contribution in [3.63, 3.8) is 0 Å². The van der Waals surface area contributed by atoms with Crippen LogP contribution in [0.5, 0.6) is 0 Å². The number of carbonyl (C=O) groups is 1. The van der Waals surface area contributed by atoms with E-state index in [1.54, 1.807) is 19.9 Å². The number of piperidine rings is 1. The zero-order valence-electron chi connectivity index (χ0n) is 11.9. The predicted molar refractivity (Wildman–Crippen MR) is 76.0 cm³/mol. The Kier molecular flexibility index (Phi) is 4.43. The van der Waals surface area contributed by atoms with Crippen LogP contribution in [-0.4, -0.2) is 46.9 Å². The maximum Gasteiger partial charge on any atom is 0.306 e. The molecule has 0 saturated carbocycles. The quantitative estimate of drug-likeness (QED) is 0.839. The van der Waals surface area contributed by atoms with Crippen LogP contribution in [0.25, 0.3) is 0 Å². The van der Waals surface area contributed by atoms with Crippen molar-refractivity contribution in [2.45, 2.75) is 26.7 Å². The van der Waals surface area contributed by atoms with Gasteiger partial charge in [-0.05, 0) is 32.8 Å². The molecule has 1 aromatic rings. The monoisotopic (exact) mass is 314 g/mol. The van der Waals surface area contributed by atoms with Gasteiger partial charge >= 0.3 is 16.2 Å². The zero-order valence-corrected chi connectivity index (χ0v) is 12.7. The third kappa shape index (κ3) is 3.88. The number of aromatic nitrogens is 2. The highest BCUT2D eigenvalue weighted by atomic mass is 32.2. The second kappa shape index (κ2) is 5.94. The van der Waals surface area contributed by atoms with Crippen molar-refractivity contribution in [2.24, 2.45) is 5.92 Å². The number of nitrogens with one attached hydrogen (secondary N) is 1. The molecule has 0 unspecified atom stereocenters. The number of hydrogen-bond acceptors (Lipinski definition) is 5. The number of aryl methyl sites for hydroxylation is 2. The Bertz CT molecular complexity index is 618. The highest BCUT2D eigenvalue weighted by Gasteiger charge is 2.31. The molecule has 21 heavy (non-hydrogen) atoms. The van der Waals surface area contributed by atoms with E-state index in [1.165, 1.54) is 4.31 Å². The van der Waals surface area contributed by atoms with Crippen molar-refractivity contribution >= 4 is 22.1 Å². The lowest BCUT2D eigenvalue weighted by Gasteiger charge is -2.29. The fraction of sp³-hybridized carbons (Fsp3) is 0.583. The van der Waals surface area contributed by atoms with Gasteiger partial charge in [-0.1, -0.05) is 0 Å². The summed E-state index contributed by atoms with van der Waals surface area (Å²) in [4.78, 5) is 18.9. The number of carboxylic acids is 1. The highest BCUT2D eigenvalue weighted by Crippen LogP contribution is 2.20. The Morgan fingerprint density at radius 3 is 2.29 bits per heavy atom. The third-order valence-corrected chi connectivity index (χ3v) is 4.83. The van der Waals surface area contributed by atoms with Crippen LogP contribution in [0.2, 0.25) is 0 Å². The van der Waals surface area contributed by atoms with Gasteiger partial charge in [0.15, 0.2) is 0 Å². The molecule has 1 fully saturated rings. The van der Waals surface area contributed by atoms with Gasteiger partial charge in [0, 0.05) is 24.5 Å². The maximum atomic E-state index is 12.2. The number of anilines is 1. The van der Waals surface area contributed by atoms with Crippen LogP contribution in [0.3, 0.4) is 0 Å². The van der Waals surface area contributed by atoms with Crippen LogP contribution in [0.15, 0.2) is 6.07 Å². The second-order valence-corrected chi connectivity index (χ2v) is 6.76. The van der Waals surface area contributed by atoms with Crippen LogP contribution in [0, 0.1) is 19.8 Å². The molecule has 1 saturated heterocycles. The minimum absolute atomic E-state index is 0.0351. The van der Waals surface area contributed by atoms with Crippen LogP contribution in [-0.2, 0) is 15.0 Å². The first-order valence-corrected chi connectivity index (χ1v) is 8.05. The van der Waals surface area contributed by atoms with Crippen molar-refractivity contribution in [2.75, 3.05) is 17.8 Å². The van der Waals surface area contributed by atoms with E-state index in [1.807, 2.05) is 0 Å². The van der Waals surface area contributed by atoms with Gasteiger partial charge in [-0.25, -0.2) is 14.7 Å². The van der Waals surface area contributed by atoms with Gasteiger partial charge in [0.1, 0.15) is 0 Å². The Hall–Kier alpha value is -1.74. The predicted octanol–water partition coefficient (Wildman–Crippen LogP) is 0.547. The van der Waals surface area contributed by atoms with E-state index in [2.05, 4.69) is 14.7 Å². The maximum absolute atomic E-state index is 12.2. The van der Waals surface area contributed by atoms with E-state index in [0.717, 1.165) is 0 Å². The summed E-state index contributed by atoms with van der Waals surface area (Å²) < 4.78 is 28.1. The molecule has 1 aliphatic heterocycles. The largest absolute Gasteiger partial charge is 0.481 e. The lowest BCUT2D eigenvalue weighted by atomic mass is 9.99. The minimum atomic E-state index is -3.75. The van der Waals surface area contributed by atoms with Crippen molar-refractivity contribution in [3.8, 4) is 0 Å². The minimum Gasteiger partial charge on any atom is -0.481 e. The average Bonchev–Trinajstić information content (AvgIpc) is 2.37. The molecule has 8 nitrogen and oxygen atoms in total. The molecular formula is C12H18N4O4S. The summed E-state index contributed by atoms with van der Waals surface area (Å²) >= 11 is 0. The van der Waals surface area contributed by atoms with Crippen molar-refractivity contribution in [1.82, 2.24) is 14.3 Å². The topological polar surface area (TPSA) is 112 Å². The summed E-state index contributed by atoms with van der Waals surface area (Å²) in [5.74, 6) is -1.32. The van der Waals surface area contributed by atoms with E-state index >= 15 is 0 Å². The van der Waals surface area contributed by atoms with E-state index in [9.17, 15) is 13.2 Å². The Balaban J connectivity index is 2.07. The van der Waals surface area contributed by atoms with E-state index < -0.39 is 22.1 Å². The van der Waals surface area contributed by atoms with Gasteiger partial charge in [0.2, 0.25) is 5.95 Å². The van der Waals surface area contributed by atoms with Gasteiger partial charge in [-0.15, -0.1) is 0 Å². The lowest BCUT2D eigenvalue weighted by Crippen LogP contribution is -2.43.